The van der Waals surface area contributed by atoms with Gasteiger partial charge in [0.25, 0.3) is 0 Å². The number of likely N-dealkylation sites (tertiary alicyclic amines) is 1. The Hall–Kier alpha value is -2.66. The van der Waals surface area contributed by atoms with Gasteiger partial charge in [-0.2, -0.15) is 0 Å². The Kier molecular flexibility index (Phi) is 6.93. The van der Waals surface area contributed by atoms with Crippen molar-refractivity contribution in [2.24, 2.45) is 0 Å². The second kappa shape index (κ2) is 9.43. The number of amides is 1. The molecule has 5 heteroatoms. The molecule has 1 fully saturated rings. The molecule has 2 atom stereocenters. The molecule has 1 amide bonds. The summed E-state index contributed by atoms with van der Waals surface area (Å²) >= 11 is 0. The van der Waals surface area contributed by atoms with Crippen molar-refractivity contribution in [1.82, 2.24) is 4.90 Å². The molecule has 1 saturated heterocycles. The Balaban J connectivity index is 1.56. The molecular formula is C25H31NO4. The third kappa shape index (κ3) is 5.08. The molecule has 0 radical (unpaired) electrons. The molecule has 0 aromatic heterocycles. The van der Waals surface area contributed by atoms with Gasteiger partial charge < -0.3 is 15.1 Å². The van der Waals surface area contributed by atoms with Gasteiger partial charge in [-0.25, -0.2) is 4.79 Å². The third-order valence-corrected chi connectivity index (χ3v) is 6.42. The van der Waals surface area contributed by atoms with Crippen LogP contribution in [0, 0.1) is 0 Å². The smallest absolute Gasteiger partial charge is 0.335 e. The van der Waals surface area contributed by atoms with Gasteiger partial charge in [0.15, 0.2) is 0 Å². The number of benzene rings is 2. The van der Waals surface area contributed by atoms with Gasteiger partial charge in [0.2, 0.25) is 5.91 Å². The van der Waals surface area contributed by atoms with E-state index < -0.39 is 12.1 Å². The average Bonchev–Trinajstić information content (AvgIpc) is 3.10. The Morgan fingerprint density at radius 3 is 2.43 bits per heavy atom. The summed E-state index contributed by atoms with van der Waals surface area (Å²) in [4.78, 5) is 25.3. The molecule has 1 heterocycles. The van der Waals surface area contributed by atoms with E-state index in [0.29, 0.717) is 25.8 Å². The van der Waals surface area contributed by atoms with Crippen LogP contribution in [0.3, 0.4) is 0 Å². The highest BCUT2D eigenvalue weighted by atomic mass is 16.4. The van der Waals surface area contributed by atoms with Gasteiger partial charge in [0.05, 0.1) is 11.7 Å². The predicted molar refractivity (Wildman–Crippen MR) is 117 cm³/mol. The Labute approximate surface area is 178 Å². The third-order valence-electron chi connectivity index (χ3n) is 6.42. The zero-order chi connectivity index (χ0) is 21.7. The van der Waals surface area contributed by atoms with E-state index in [9.17, 15) is 14.7 Å². The second-order valence-electron chi connectivity index (χ2n) is 8.71. The lowest BCUT2D eigenvalue weighted by molar-refractivity contribution is -0.129. The molecule has 160 valence electrons. The van der Waals surface area contributed by atoms with Gasteiger partial charge >= 0.3 is 5.97 Å². The maximum Gasteiger partial charge on any atom is 0.335 e. The fraction of sp³-hybridized carbons (Fsp3) is 0.440. The van der Waals surface area contributed by atoms with E-state index >= 15 is 0 Å². The zero-order valence-corrected chi connectivity index (χ0v) is 17.8. The molecule has 1 aliphatic rings. The van der Waals surface area contributed by atoms with Gasteiger partial charge in [-0.3, -0.25) is 4.79 Å². The lowest BCUT2D eigenvalue weighted by Crippen LogP contribution is -2.38. The zero-order valence-electron chi connectivity index (χ0n) is 17.8. The van der Waals surface area contributed by atoms with Crippen LogP contribution in [0.1, 0.15) is 61.0 Å². The number of aliphatic hydroxyl groups is 1. The molecule has 3 rings (SSSR count). The van der Waals surface area contributed by atoms with E-state index in [1.54, 1.807) is 12.1 Å². The number of aliphatic hydroxyl groups excluding tert-OH is 1. The second-order valence-corrected chi connectivity index (χ2v) is 8.71. The van der Waals surface area contributed by atoms with Gasteiger partial charge in [0, 0.05) is 24.4 Å². The number of carbonyl (C=O) groups is 2. The van der Waals surface area contributed by atoms with Crippen LogP contribution in [0.15, 0.2) is 54.6 Å². The summed E-state index contributed by atoms with van der Waals surface area (Å²) in [5, 5.41) is 19.9. The van der Waals surface area contributed by atoms with Gasteiger partial charge in [0.1, 0.15) is 0 Å². The summed E-state index contributed by atoms with van der Waals surface area (Å²) in [6, 6.07) is 17.0. The van der Waals surface area contributed by atoms with Gasteiger partial charge in [-0.1, -0.05) is 56.3 Å². The molecular weight excluding hydrogens is 378 g/mol. The van der Waals surface area contributed by atoms with E-state index in [2.05, 4.69) is 13.8 Å². The molecule has 2 aromatic rings. The summed E-state index contributed by atoms with van der Waals surface area (Å²) in [7, 11) is 0. The highest BCUT2D eigenvalue weighted by molar-refractivity contribution is 5.87. The number of hydrogen-bond acceptors (Lipinski definition) is 3. The van der Waals surface area contributed by atoms with E-state index in [1.165, 1.54) is 0 Å². The van der Waals surface area contributed by atoms with Crippen LogP contribution in [-0.4, -0.2) is 45.7 Å². The number of aromatic carboxylic acids is 1. The monoisotopic (exact) mass is 409 g/mol. The summed E-state index contributed by atoms with van der Waals surface area (Å²) in [6.07, 6.45) is 3.02. The number of carboxylic acid groups (broad SMARTS) is 1. The lowest BCUT2D eigenvalue weighted by atomic mass is 9.77. The van der Waals surface area contributed by atoms with E-state index in [4.69, 9.17) is 5.11 Å². The van der Waals surface area contributed by atoms with Crippen molar-refractivity contribution in [3.05, 3.63) is 71.3 Å². The number of hydrogen-bond donors (Lipinski definition) is 2. The van der Waals surface area contributed by atoms with Crippen molar-refractivity contribution >= 4 is 11.9 Å². The summed E-state index contributed by atoms with van der Waals surface area (Å²) in [6.45, 7) is 4.74. The Bertz CT molecular complexity index is 860. The predicted octanol–water partition coefficient (Wildman–Crippen LogP) is 4.04. The molecule has 1 aliphatic heterocycles. The van der Waals surface area contributed by atoms with Crippen LogP contribution >= 0.6 is 0 Å². The molecule has 0 bridgehead atoms. The SMILES string of the molecule is CC(C)(c1ccccc1)C(O)CCC1CCC(=O)N1CCc1ccc(C(=O)O)cc1. The minimum absolute atomic E-state index is 0.150. The Morgan fingerprint density at radius 1 is 1.13 bits per heavy atom. The normalized spacial score (nSPS) is 17.9. The molecule has 2 unspecified atom stereocenters. The van der Waals surface area contributed by atoms with Crippen molar-refractivity contribution in [1.29, 1.82) is 0 Å². The summed E-state index contributed by atoms with van der Waals surface area (Å²) in [5.74, 6) is -0.771. The number of rotatable bonds is 9. The summed E-state index contributed by atoms with van der Waals surface area (Å²) < 4.78 is 0. The van der Waals surface area contributed by atoms with Crippen molar-refractivity contribution in [3.63, 3.8) is 0 Å². The standard InChI is InChI=1S/C25H31NO4/c1-25(2,20-6-4-3-5-7-20)22(27)14-12-21-13-15-23(28)26(21)17-16-18-8-10-19(11-9-18)24(29)30/h3-11,21-22,27H,12-17H2,1-2H3,(H,29,30). The highest BCUT2D eigenvalue weighted by Gasteiger charge is 2.34. The summed E-state index contributed by atoms with van der Waals surface area (Å²) in [5.41, 5.74) is 2.05. The van der Waals surface area contributed by atoms with Crippen molar-refractivity contribution in [3.8, 4) is 0 Å². The molecule has 0 saturated carbocycles. The first-order valence-electron chi connectivity index (χ1n) is 10.6. The maximum atomic E-state index is 12.4. The fourth-order valence-electron chi connectivity index (χ4n) is 4.24. The number of carboxylic acids is 1. The minimum atomic E-state index is -0.937. The van der Waals surface area contributed by atoms with Crippen molar-refractivity contribution in [2.75, 3.05) is 6.54 Å². The molecule has 0 aliphatic carbocycles. The van der Waals surface area contributed by atoms with Crippen molar-refractivity contribution < 1.29 is 19.8 Å². The van der Waals surface area contributed by atoms with E-state index in [0.717, 1.165) is 24.0 Å². The largest absolute Gasteiger partial charge is 0.478 e. The maximum absolute atomic E-state index is 12.4. The van der Waals surface area contributed by atoms with Crippen LogP contribution < -0.4 is 0 Å². The minimum Gasteiger partial charge on any atom is -0.478 e. The lowest BCUT2D eigenvalue weighted by Gasteiger charge is -2.33. The van der Waals surface area contributed by atoms with Crippen LogP contribution in [0.4, 0.5) is 0 Å². The van der Waals surface area contributed by atoms with Gasteiger partial charge in [-0.15, -0.1) is 0 Å². The Morgan fingerprint density at radius 2 is 1.80 bits per heavy atom. The molecule has 2 aromatic carbocycles. The number of carbonyl (C=O) groups excluding carboxylic acids is 1. The first-order chi connectivity index (χ1) is 14.3. The first kappa shape index (κ1) is 22.0. The van der Waals surface area contributed by atoms with E-state index in [-0.39, 0.29) is 22.9 Å². The van der Waals surface area contributed by atoms with Crippen LogP contribution in [0.2, 0.25) is 0 Å². The molecule has 0 spiro atoms. The average molecular weight is 410 g/mol. The number of nitrogens with zero attached hydrogens (tertiary/aromatic N) is 1. The quantitative estimate of drug-likeness (QED) is 0.655. The highest BCUT2D eigenvalue weighted by Crippen LogP contribution is 2.31. The van der Waals surface area contributed by atoms with Crippen LogP contribution in [0.25, 0.3) is 0 Å². The van der Waals surface area contributed by atoms with Crippen molar-refractivity contribution in [2.45, 2.75) is 63.5 Å². The van der Waals surface area contributed by atoms with Crippen LogP contribution in [-0.2, 0) is 16.6 Å². The van der Waals surface area contributed by atoms with E-state index in [1.807, 2.05) is 47.4 Å². The van der Waals surface area contributed by atoms with Gasteiger partial charge in [-0.05, 0) is 48.9 Å². The molecule has 2 N–H and O–H groups in total. The van der Waals surface area contributed by atoms with Crippen LogP contribution in [0.5, 0.6) is 0 Å². The molecule has 5 nitrogen and oxygen atoms in total. The topological polar surface area (TPSA) is 77.8 Å². The fourth-order valence-corrected chi connectivity index (χ4v) is 4.24. The molecule has 30 heavy (non-hydrogen) atoms. The first-order valence-corrected chi connectivity index (χ1v) is 10.6.